The van der Waals surface area contributed by atoms with Crippen molar-refractivity contribution >= 4 is 12.9 Å². The summed E-state index contributed by atoms with van der Waals surface area (Å²) in [5.74, 6) is 1.22. The fraction of sp³-hybridized carbons (Fsp3) is 0.875. The lowest BCUT2D eigenvalue weighted by molar-refractivity contribution is 0.339. The van der Waals surface area contributed by atoms with Crippen molar-refractivity contribution in [1.82, 2.24) is 0 Å². The van der Waals surface area contributed by atoms with E-state index in [1.165, 1.54) is 6.42 Å². The van der Waals surface area contributed by atoms with Crippen molar-refractivity contribution in [3.05, 3.63) is 0 Å². The SMILES string of the molecule is C=NC(C)(C)CC(C)CC=NC(C)(C)C(C)CC. The van der Waals surface area contributed by atoms with E-state index in [2.05, 4.69) is 66.4 Å². The second-order valence-electron chi connectivity index (χ2n) is 6.79. The van der Waals surface area contributed by atoms with E-state index in [9.17, 15) is 0 Å². The molecular weight excluding hydrogens is 220 g/mol. The Morgan fingerprint density at radius 3 is 2.17 bits per heavy atom. The van der Waals surface area contributed by atoms with E-state index < -0.39 is 0 Å². The quantitative estimate of drug-likeness (QED) is 0.556. The lowest BCUT2D eigenvalue weighted by Crippen LogP contribution is -2.26. The van der Waals surface area contributed by atoms with Crippen LogP contribution in [-0.4, -0.2) is 24.0 Å². The van der Waals surface area contributed by atoms with Crippen LogP contribution < -0.4 is 0 Å². The second kappa shape index (κ2) is 7.06. The summed E-state index contributed by atoms with van der Waals surface area (Å²) in [6.45, 7) is 19.1. The van der Waals surface area contributed by atoms with Crippen LogP contribution in [0.25, 0.3) is 0 Å². The maximum atomic E-state index is 4.75. The van der Waals surface area contributed by atoms with Gasteiger partial charge >= 0.3 is 0 Å². The molecule has 2 nitrogen and oxygen atoms in total. The van der Waals surface area contributed by atoms with E-state index in [0.717, 1.165) is 12.8 Å². The summed E-state index contributed by atoms with van der Waals surface area (Å²) < 4.78 is 0. The molecule has 0 fully saturated rings. The molecule has 0 aromatic rings. The lowest BCUT2D eigenvalue weighted by Gasteiger charge is -2.27. The first kappa shape index (κ1) is 17.3. The zero-order chi connectivity index (χ0) is 14.4. The summed E-state index contributed by atoms with van der Waals surface area (Å²) in [6.07, 6.45) is 5.37. The minimum Gasteiger partial charge on any atom is -0.295 e. The van der Waals surface area contributed by atoms with E-state index in [1.807, 2.05) is 0 Å². The van der Waals surface area contributed by atoms with Crippen molar-refractivity contribution in [2.24, 2.45) is 21.8 Å². The zero-order valence-corrected chi connectivity index (χ0v) is 13.5. The first-order chi connectivity index (χ1) is 8.14. The molecule has 106 valence electrons. The van der Waals surface area contributed by atoms with Crippen LogP contribution in [0.1, 0.15) is 67.7 Å². The summed E-state index contributed by atoms with van der Waals surface area (Å²) in [4.78, 5) is 8.92. The predicted molar refractivity (Wildman–Crippen MR) is 84.1 cm³/mol. The van der Waals surface area contributed by atoms with Crippen molar-refractivity contribution in [2.75, 3.05) is 0 Å². The molecule has 0 rings (SSSR count). The number of nitrogens with zero attached hydrogens (tertiary/aromatic N) is 2. The summed E-state index contributed by atoms with van der Waals surface area (Å²) in [6, 6.07) is 0. The van der Waals surface area contributed by atoms with Gasteiger partial charge in [-0.3, -0.25) is 9.98 Å². The van der Waals surface area contributed by atoms with Crippen LogP contribution in [0.5, 0.6) is 0 Å². The van der Waals surface area contributed by atoms with Gasteiger partial charge in [-0.15, -0.1) is 0 Å². The van der Waals surface area contributed by atoms with Gasteiger partial charge in [-0.05, 0) is 65.3 Å². The van der Waals surface area contributed by atoms with Crippen LogP contribution in [-0.2, 0) is 0 Å². The van der Waals surface area contributed by atoms with Crippen LogP contribution in [0.2, 0.25) is 0 Å². The van der Waals surface area contributed by atoms with Gasteiger partial charge in [-0.2, -0.15) is 0 Å². The Morgan fingerprint density at radius 2 is 1.72 bits per heavy atom. The minimum atomic E-state index is -0.0144. The molecule has 18 heavy (non-hydrogen) atoms. The molecule has 2 atom stereocenters. The van der Waals surface area contributed by atoms with Crippen LogP contribution in [0.4, 0.5) is 0 Å². The number of aliphatic imine (C=N–C) groups is 2. The van der Waals surface area contributed by atoms with E-state index in [4.69, 9.17) is 4.99 Å². The molecule has 0 saturated carbocycles. The molecular formula is C16H32N2. The molecule has 0 N–H and O–H groups in total. The Morgan fingerprint density at radius 1 is 1.17 bits per heavy atom. The van der Waals surface area contributed by atoms with E-state index in [-0.39, 0.29) is 11.1 Å². The Bertz CT molecular complexity index is 277. The fourth-order valence-electron chi connectivity index (χ4n) is 2.10. The Balaban J connectivity index is 4.28. The summed E-state index contributed by atoms with van der Waals surface area (Å²) >= 11 is 0. The summed E-state index contributed by atoms with van der Waals surface area (Å²) in [5.41, 5.74) is 0.0418. The topological polar surface area (TPSA) is 24.7 Å². The summed E-state index contributed by atoms with van der Waals surface area (Å²) in [5, 5.41) is 0. The van der Waals surface area contributed by atoms with Gasteiger partial charge in [-0.25, -0.2) is 0 Å². The smallest absolute Gasteiger partial charge is 0.0573 e. The monoisotopic (exact) mass is 252 g/mol. The highest BCUT2D eigenvalue weighted by Gasteiger charge is 2.23. The molecule has 0 radical (unpaired) electrons. The van der Waals surface area contributed by atoms with Crippen molar-refractivity contribution in [1.29, 1.82) is 0 Å². The maximum absolute atomic E-state index is 4.75. The molecule has 0 aliphatic carbocycles. The van der Waals surface area contributed by atoms with Crippen molar-refractivity contribution in [2.45, 2.75) is 78.8 Å². The maximum Gasteiger partial charge on any atom is 0.0573 e. The van der Waals surface area contributed by atoms with Crippen molar-refractivity contribution in [3.8, 4) is 0 Å². The van der Waals surface area contributed by atoms with Gasteiger partial charge in [0, 0.05) is 0 Å². The molecule has 2 unspecified atom stereocenters. The highest BCUT2D eigenvalue weighted by Crippen LogP contribution is 2.25. The Hall–Kier alpha value is -0.660. The van der Waals surface area contributed by atoms with Crippen molar-refractivity contribution in [3.63, 3.8) is 0 Å². The standard InChI is InChI=1S/C16H32N2/c1-9-14(3)16(6,7)18-11-10-13(2)12-15(4,5)17-8/h11,13-14H,8-10,12H2,1-7H3. The molecule has 0 aliphatic rings. The molecule has 0 amide bonds. The normalized spacial score (nSPS) is 16.8. The molecule has 2 heteroatoms. The average molecular weight is 252 g/mol. The first-order valence-electron chi connectivity index (χ1n) is 7.16. The van der Waals surface area contributed by atoms with E-state index >= 15 is 0 Å². The highest BCUT2D eigenvalue weighted by molar-refractivity contribution is 5.58. The zero-order valence-electron chi connectivity index (χ0n) is 13.5. The van der Waals surface area contributed by atoms with E-state index in [0.29, 0.717) is 11.8 Å². The van der Waals surface area contributed by atoms with Gasteiger partial charge in [0.25, 0.3) is 0 Å². The first-order valence-corrected chi connectivity index (χ1v) is 7.16. The number of rotatable bonds is 8. The van der Waals surface area contributed by atoms with Crippen LogP contribution in [0, 0.1) is 11.8 Å². The molecule has 0 heterocycles. The van der Waals surface area contributed by atoms with Gasteiger partial charge in [0.1, 0.15) is 0 Å². The fourth-order valence-corrected chi connectivity index (χ4v) is 2.10. The van der Waals surface area contributed by atoms with Crippen LogP contribution >= 0.6 is 0 Å². The molecule has 0 aliphatic heterocycles. The average Bonchev–Trinajstić information content (AvgIpc) is 2.26. The third kappa shape index (κ3) is 6.32. The number of hydrogen-bond donors (Lipinski definition) is 0. The lowest BCUT2D eigenvalue weighted by atomic mass is 9.87. The molecule has 0 bridgehead atoms. The van der Waals surface area contributed by atoms with Crippen LogP contribution in [0.15, 0.2) is 9.98 Å². The van der Waals surface area contributed by atoms with Gasteiger partial charge in [-0.1, -0.05) is 27.2 Å². The molecule has 0 saturated heterocycles. The second-order valence-corrected chi connectivity index (χ2v) is 6.79. The predicted octanol–water partition coefficient (Wildman–Crippen LogP) is 4.78. The van der Waals surface area contributed by atoms with E-state index in [1.54, 1.807) is 0 Å². The Labute approximate surface area is 114 Å². The highest BCUT2D eigenvalue weighted by atomic mass is 14.8. The van der Waals surface area contributed by atoms with Gasteiger partial charge < -0.3 is 0 Å². The van der Waals surface area contributed by atoms with Crippen LogP contribution in [0.3, 0.4) is 0 Å². The summed E-state index contributed by atoms with van der Waals surface area (Å²) in [7, 11) is 0. The third-order valence-electron chi connectivity index (χ3n) is 4.03. The molecule has 0 spiro atoms. The van der Waals surface area contributed by atoms with Gasteiger partial charge in [0.15, 0.2) is 0 Å². The Kier molecular flexibility index (Phi) is 6.80. The van der Waals surface area contributed by atoms with Gasteiger partial charge in [0.2, 0.25) is 0 Å². The molecule has 0 aromatic carbocycles. The largest absolute Gasteiger partial charge is 0.295 e. The van der Waals surface area contributed by atoms with Crippen molar-refractivity contribution < 1.29 is 0 Å². The third-order valence-corrected chi connectivity index (χ3v) is 4.03. The minimum absolute atomic E-state index is 0.0144. The number of hydrogen-bond acceptors (Lipinski definition) is 2. The molecule has 0 aromatic heterocycles. The van der Waals surface area contributed by atoms with Gasteiger partial charge in [0.05, 0.1) is 11.1 Å².